The number of thioether (sulfide) groups is 1. The molecular weight excluding hydrogens is 346 g/mol. The maximum Gasteiger partial charge on any atom is 0.266 e. The van der Waals surface area contributed by atoms with E-state index in [-0.39, 0.29) is 12.0 Å². The average Bonchev–Trinajstić information content (AvgIpc) is 2.56. The number of fused-ring (bicyclic) bond motifs is 1. The number of benzene rings is 2. The number of nitrogens with zero attached hydrogens (tertiary/aromatic N) is 2. The van der Waals surface area contributed by atoms with Gasteiger partial charge in [-0.15, -0.1) is 0 Å². The molecule has 1 aromatic heterocycles. The van der Waals surface area contributed by atoms with Crippen LogP contribution in [0.1, 0.15) is 6.42 Å². The van der Waals surface area contributed by atoms with Crippen LogP contribution in [0.15, 0.2) is 58.5 Å². The summed E-state index contributed by atoms with van der Waals surface area (Å²) in [5.41, 5.74) is 6.15. The number of hydrogen-bond acceptors (Lipinski definition) is 4. The lowest BCUT2D eigenvalue weighted by molar-refractivity contribution is -0.117. The van der Waals surface area contributed by atoms with Crippen LogP contribution in [0.3, 0.4) is 0 Å². The Morgan fingerprint density at radius 3 is 2.62 bits per heavy atom. The van der Waals surface area contributed by atoms with E-state index in [0.29, 0.717) is 32.5 Å². The van der Waals surface area contributed by atoms with Crippen LogP contribution >= 0.6 is 23.4 Å². The third-order valence-corrected chi connectivity index (χ3v) is 4.68. The van der Waals surface area contributed by atoms with E-state index in [2.05, 4.69) is 4.98 Å². The fourth-order valence-electron chi connectivity index (χ4n) is 2.30. The summed E-state index contributed by atoms with van der Waals surface area (Å²) < 4.78 is 1.48. The molecule has 0 saturated heterocycles. The molecule has 0 aliphatic rings. The van der Waals surface area contributed by atoms with E-state index in [4.69, 9.17) is 17.3 Å². The van der Waals surface area contributed by atoms with Gasteiger partial charge >= 0.3 is 0 Å². The number of amides is 1. The van der Waals surface area contributed by atoms with E-state index in [1.807, 2.05) is 6.07 Å². The number of rotatable bonds is 5. The van der Waals surface area contributed by atoms with Crippen LogP contribution in [0.5, 0.6) is 0 Å². The standard InChI is InChI=1S/C17H14ClN3O2S/c18-12-6-2-4-8-14(12)21-16(23)11-5-1-3-7-13(11)20-17(21)24-10-9-15(19)22/h1-8H,9-10H2,(H2,19,22). The third-order valence-electron chi connectivity index (χ3n) is 3.42. The fraction of sp³-hybridized carbons (Fsp3) is 0.118. The van der Waals surface area contributed by atoms with Crippen molar-refractivity contribution >= 4 is 40.2 Å². The first-order valence-corrected chi connectivity index (χ1v) is 8.62. The summed E-state index contributed by atoms with van der Waals surface area (Å²) in [6.45, 7) is 0. The number of nitrogens with two attached hydrogens (primary N) is 1. The lowest BCUT2D eigenvalue weighted by Crippen LogP contribution is -2.22. The minimum Gasteiger partial charge on any atom is -0.370 e. The van der Waals surface area contributed by atoms with Gasteiger partial charge in [-0.3, -0.25) is 14.2 Å². The van der Waals surface area contributed by atoms with Crippen molar-refractivity contribution in [3.8, 4) is 5.69 Å². The summed E-state index contributed by atoms with van der Waals surface area (Å²) >= 11 is 7.57. The Balaban J connectivity index is 2.20. The molecule has 3 rings (SSSR count). The van der Waals surface area contributed by atoms with Gasteiger partial charge in [-0.2, -0.15) is 0 Å². The van der Waals surface area contributed by atoms with Gasteiger partial charge < -0.3 is 5.73 Å². The minimum atomic E-state index is -0.394. The third kappa shape index (κ3) is 3.29. The quantitative estimate of drug-likeness (QED) is 0.561. The summed E-state index contributed by atoms with van der Waals surface area (Å²) in [5.74, 6) is 0.0415. The number of hydrogen-bond donors (Lipinski definition) is 1. The highest BCUT2D eigenvalue weighted by Gasteiger charge is 2.15. The zero-order valence-electron chi connectivity index (χ0n) is 12.6. The number of aromatic nitrogens is 2. The fourth-order valence-corrected chi connectivity index (χ4v) is 3.48. The number of halogens is 1. The van der Waals surface area contributed by atoms with E-state index in [1.54, 1.807) is 42.5 Å². The van der Waals surface area contributed by atoms with Gasteiger partial charge in [0.15, 0.2) is 5.16 Å². The second kappa shape index (κ2) is 7.07. The molecule has 2 N–H and O–H groups in total. The van der Waals surface area contributed by atoms with Crippen molar-refractivity contribution in [1.82, 2.24) is 9.55 Å². The Morgan fingerprint density at radius 1 is 1.17 bits per heavy atom. The number of carbonyl (C=O) groups excluding carboxylic acids is 1. The van der Waals surface area contributed by atoms with Gasteiger partial charge in [0.1, 0.15) is 0 Å². The van der Waals surface area contributed by atoms with Gasteiger partial charge in [-0.05, 0) is 24.3 Å². The van der Waals surface area contributed by atoms with E-state index in [0.717, 1.165) is 0 Å². The predicted molar refractivity (Wildman–Crippen MR) is 96.9 cm³/mol. The lowest BCUT2D eigenvalue weighted by Gasteiger charge is -2.14. The molecule has 2 aromatic carbocycles. The second-order valence-corrected chi connectivity index (χ2v) is 6.54. The molecular formula is C17H14ClN3O2S. The lowest BCUT2D eigenvalue weighted by atomic mass is 10.2. The summed E-state index contributed by atoms with van der Waals surface area (Å²) in [6.07, 6.45) is 0.204. The van der Waals surface area contributed by atoms with Crippen LogP contribution in [-0.4, -0.2) is 21.2 Å². The molecule has 0 atom stereocenters. The van der Waals surface area contributed by atoms with Crippen molar-refractivity contribution in [2.24, 2.45) is 5.73 Å². The highest BCUT2D eigenvalue weighted by Crippen LogP contribution is 2.25. The Labute approximate surface area is 147 Å². The van der Waals surface area contributed by atoms with E-state index < -0.39 is 5.91 Å². The molecule has 3 aromatic rings. The van der Waals surface area contributed by atoms with Gasteiger partial charge in [0, 0.05) is 12.2 Å². The summed E-state index contributed by atoms with van der Waals surface area (Å²) in [4.78, 5) is 28.5. The first-order chi connectivity index (χ1) is 11.6. The Morgan fingerprint density at radius 2 is 1.88 bits per heavy atom. The van der Waals surface area contributed by atoms with Gasteiger partial charge in [0.25, 0.3) is 5.56 Å². The topological polar surface area (TPSA) is 78.0 Å². The van der Waals surface area contributed by atoms with E-state index in [1.165, 1.54) is 16.3 Å². The van der Waals surface area contributed by atoms with Crippen LogP contribution in [-0.2, 0) is 4.79 Å². The van der Waals surface area contributed by atoms with Crippen molar-refractivity contribution in [2.75, 3.05) is 5.75 Å². The Bertz CT molecular complexity index is 971. The zero-order valence-corrected chi connectivity index (χ0v) is 14.2. The average molecular weight is 360 g/mol. The van der Waals surface area contributed by atoms with Gasteiger partial charge in [-0.25, -0.2) is 4.98 Å². The molecule has 0 bridgehead atoms. The SMILES string of the molecule is NC(=O)CCSc1nc2ccccc2c(=O)n1-c1ccccc1Cl. The first-order valence-electron chi connectivity index (χ1n) is 7.25. The molecule has 0 aliphatic heterocycles. The van der Waals surface area contributed by atoms with Crippen LogP contribution in [0.25, 0.3) is 16.6 Å². The predicted octanol–water partition coefficient (Wildman–Crippen LogP) is 3.01. The van der Waals surface area contributed by atoms with Crippen LogP contribution in [0.2, 0.25) is 5.02 Å². The van der Waals surface area contributed by atoms with E-state index >= 15 is 0 Å². The molecule has 0 radical (unpaired) electrons. The highest BCUT2D eigenvalue weighted by atomic mass is 35.5. The van der Waals surface area contributed by atoms with Crippen molar-refractivity contribution in [3.63, 3.8) is 0 Å². The van der Waals surface area contributed by atoms with Crippen LogP contribution < -0.4 is 11.3 Å². The molecule has 1 amide bonds. The Kier molecular flexibility index (Phi) is 4.87. The van der Waals surface area contributed by atoms with Crippen molar-refractivity contribution in [1.29, 1.82) is 0 Å². The molecule has 0 aliphatic carbocycles. The molecule has 24 heavy (non-hydrogen) atoms. The summed E-state index contributed by atoms with van der Waals surface area (Å²) in [5, 5.41) is 1.44. The molecule has 0 fully saturated rings. The number of para-hydroxylation sites is 2. The van der Waals surface area contributed by atoms with Gasteiger partial charge in [0.05, 0.1) is 21.6 Å². The Hall–Kier alpha value is -2.31. The number of primary amides is 1. The second-order valence-electron chi connectivity index (χ2n) is 5.07. The molecule has 122 valence electrons. The van der Waals surface area contributed by atoms with Crippen molar-refractivity contribution < 1.29 is 4.79 Å². The molecule has 0 unspecified atom stereocenters. The highest BCUT2D eigenvalue weighted by molar-refractivity contribution is 7.99. The normalized spacial score (nSPS) is 10.9. The summed E-state index contributed by atoms with van der Waals surface area (Å²) in [6, 6.07) is 14.2. The summed E-state index contributed by atoms with van der Waals surface area (Å²) in [7, 11) is 0. The van der Waals surface area contributed by atoms with Crippen LogP contribution in [0.4, 0.5) is 0 Å². The smallest absolute Gasteiger partial charge is 0.266 e. The molecule has 1 heterocycles. The number of carbonyl (C=O) groups is 1. The largest absolute Gasteiger partial charge is 0.370 e. The zero-order chi connectivity index (χ0) is 17.1. The minimum absolute atomic E-state index is 0.199. The molecule has 0 spiro atoms. The van der Waals surface area contributed by atoms with E-state index in [9.17, 15) is 9.59 Å². The van der Waals surface area contributed by atoms with Gasteiger partial charge in [-0.1, -0.05) is 47.6 Å². The van der Waals surface area contributed by atoms with Gasteiger partial charge in [0.2, 0.25) is 5.91 Å². The monoisotopic (exact) mass is 359 g/mol. The maximum atomic E-state index is 13.0. The molecule has 7 heteroatoms. The first kappa shape index (κ1) is 16.5. The van der Waals surface area contributed by atoms with Crippen molar-refractivity contribution in [2.45, 2.75) is 11.6 Å². The molecule has 0 saturated carbocycles. The molecule has 5 nitrogen and oxygen atoms in total. The van der Waals surface area contributed by atoms with Crippen LogP contribution in [0, 0.1) is 0 Å². The maximum absolute atomic E-state index is 13.0. The van der Waals surface area contributed by atoms with Crippen molar-refractivity contribution in [3.05, 3.63) is 63.9 Å².